The van der Waals surface area contributed by atoms with Crippen LogP contribution in [-0.4, -0.2) is 21.5 Å². The summed E-state index contributed by atoms with van der Waals surface area (Å²) >= 11 is 0. The molecule has 2 aromatic heterocycles. The molecule has 4 aromatic rings. The third-order valence-corrected chi connectivity index (χ3v) is 4.45. The Hall–Kier alpha value is -3.14. The molecule has 2 aromatic carbocycles. The van der Waals surface area contributed by atoms with Crippen molar-refractivity contribution in [3.05, 3.63) is 72.3 Å². The first-order valence-corrected chi connectivity index (χ1v) is 8.22. The molecule has 0 aliphatic carbocycles. The number of hydrogen-bond acceptors (Lipinski definition) is 3. The van der Waals surface area contributed by atoms with E-state index in [9.17, 15) is 0 Å². The van der Waals surface area contributed by atoms with E-state index in [1.165, 1.54) is 5.56 Å². The number of imidazole rings is 1. The van der Waals surface area contributed by atoms with Gasteiger partial charge >= 0.3 is 0 Å². The van der Waals surface area contributed by atoms with E-state index in [-0.39, 0.29) is 0 Å². The summed E-state index contributed by atoms with van der Waals surface area (Å²) in [6.45, 7) is 4.11. The van der Waals surface area contributed by atoms with Crippen LogP contribution in [0.1, 0.15) is 11.4 Å². The molecule has 0 atom stereocenters. The predicted molar refractivity (Wildman–Crippen MR) is 99.9 cm³/mol. The van der Waals surface area contributed by atoms with Gasteiger partial charge in [0.15, 0.2) is 0 Å². The highest BCUT2D eigenvalue weighted by molar-refractivity contribution is 5.79. The number of nitrogens with zero attached hydrogens (tertiary/aromatic N) is 3. The molecule has 124 valence electrons. The molecule has 0 saturated heterocycles. The van der Waals surface area contributed by atoms with Gasteiger partial charge in [-0.25, -0.2) is 4.98 Å². The Kier molecular flexibility index (Phi) is 3.73. The fraction of sp³-hybridized carbons (Fsp3) is 0.143. The van der Waals surface area contributed by atoms with Gasteiger partial charge in [-0.3, -0.25) is 9.38 Å². The van der Waals surface area contributed by atoms with Crippen molar-refractivity contribution in [3.8, 4) is 28.3 Å². The molecule has 4 nitrogen and oxygen atoms in total. The highest BCUT2D eigenvalue weighted by Gasteiger charge is 2.13. The van der Waals surface area contributed by atoms with Crippen LogP contribution in [0.4, 0.5) is 0 Å². The van der Waals surface area contributed by atoms with Crippen LogP contribution in [0, 0.1) is 13.8 Å². The van der Waals surface area contributed by atoms with E-state index in [1.54, 1.807) is 7.11 Å². The molecule has 2 heterocycles. The van der Waals surface area contributed by atoms with Gasteiger partial charge in [-0.05, 0) is 38.1 Å². The number of rotatable bonds is 3. The molecule has 0 unspecified atom stereocenters. The zero-order valence-electron chi connectivity index (χ0n) is 14.5. The molecule has 25 heavy (non-hydrogen) atoms. The number of aromatic nitrogens is 3. The molecule has 0 spiro atoms. The number of aryl methyl sites for hydroxylation is 2. The standard InChI is InChI=1S/C21H19N3O/c1-14-4-6-16(7-5-14)19-12-23-21(20-13-22-15(2)24(19)20)17-8-10-18(25-3)11-9-17/h4-13H,1-3H3. The highest BCUT2D eigenvalue weighted by atomic mass is 16.5. The Labute approximate surface area is 146 Å². The molecule has 0 amide bonds. The Morgan fingerprint density at radius 2 is 1.48 bits per heavy atom. The normalized spacial score (nSPS) is 11.0. The van der Waals surface area contributed by atoms with Gasteiger partial charge in [-0.2, -0.15) is 0 Å². The Balaban J connectivity index is 1.91. The van der Waals surface area contributed by atoms with Crippen molar-refractivity contribution >= 4 is 5.52 Å². The fourth-order valence-electron chi connectivity index (χ4n) is 3.06. The van der Waals surface area contributed by atoms with Crippen molar-refractivity contribution in [2.75, 3.05) is 7.11 Å². The van der Waals surface area contributed by atoms with E-state index in [1.807, 2.05) is 43.6 Å². The quantitative estimate of drug-likeness (QED) is 0.547. The minimum Gasteiger partial charge on any atom is -0.497 e. The average Bonchev–Trinajstić information content (AvgIpc) is 3.04. The second kappa shape index (κ2) is 6.06. The van der Waals surface area contributed by atoms with E-state index in [2.05, 4.69) is 40.6 Å². The summed E-state index contributed by atoms with van der Waals surface area (Å²) in [5.41, 5.74) is 6.37. The minimum atomic E-state index is 0.834. The third-order valence-electron chi connectivity index (χ3n) is 4.45. The smallest absolute Gasteiger partial charge is 0.118 e. The van der Waals surface area contributed by atoms with Crippen molar-refractivity contribution in [2.45, 2.75) is 13.8 Å². The molecule has 0 bridgehead atoms. The van der Waals surface area contributed by atoms with Crippen LogP contribution in [-0.2, 0) is 0 Å². The van der Waals surface area contributed by atoms with E-state index in [0.29, 0.717) is 0 Å². The van der Waals surface area contributed by atoms with Crippen molar-refractivity contribution in [2.24, 2.45) is 0 Å². The Morgan fingerprint density at radius 1 is 0.800 bits per heavy atom. The number of benzene rings is 2. The van der Waals surface area contributed by atoms with Crippen LogP contribution in [0.25, 0.3) is 28.0 Å². The van der Waals surface area contributed by atoms with Gasteiger partial charge in [0.25, 0.3) is 0 Å². The molecule has 0 fully saturated rings. The van der Waals surface area contributed by atoms with Crippen LogP contribution < -0.4 is 4.74 Å². The summed E-state index contributed by atoms with van der Waals surface area (Å²) < 4.78 is 7.41. The summed E-state index contributed by atoms with van der Waals surface area (Å²) in [6.07, 6.45) is 3.81. The van der Waals surface area contributed by atoms with Crippen LogP contribution in [0.2, 0.25) is 0 Å². The molecular weight excluding hydrogens is 310 g/mol. The Morgan fingerprint density at radius 3 is 2.16 bits per heavy atom. The lowest BCUT2D eigenvalue weighted by Crippen LogP contribution is -1.99. The van der Waals surface area contributed by atoms with Crippen molar-refractivity contribution in [3.63, 3.8) is 0 Å². The van der Waals surface area contributed by atoms with Crippen LogP contribution in [0.3, 0.4) is 0 Å². The maximum Gasteiger partial charge on any atom is 0.118 e. The first-order valence-electron chi connectivity index (χ1n) is 8.22. The first-order chi connectivity index (χ1) is 12.2. The van der Waals surface area contributed by atoms with Crippen molar-refractivity contribution in [1.82, 2.24) is 14.4 Å². The molecular formula is C21H19N3O. The summed E-state index contributed by atoms with van der Waals surface area (Å²) in [5, 5.41) is 0. The second-order valence-electron chi connectivity index (χ2n) is 6.11. The highest BCUT2D eigenvalue weighted by Crippen LogP contribution is 2.29. The molecule has 0 N–H and O–H groups in total. The zero-order valence-corrected chi connectivity index (χ0v) is 14.5. The summed E-state index contributed by atoms with van der Waals surface area (Å²) in [4.78, 5) is 9.26. The minimum absolute atomic E-state index is 0.834. The van der Waals surface area contributed by atoms with E-state index >= 15 is 0 Å². The van der Waals surface area contributed by atoms with Gasteiger partial charge in [0, 0.05) is 11.1 Å². The molecule has 4 heteroatoms. The van der Waals surface area contributed by atoms with Gasteiger partial charge in [0.1, 0.15) is 11.6 Å². The summed E-state index contributed by atoms with van der Waals surface area (Å²) in [6, 6.07) is 16.4. The van der Waals surface area contributed by atoms with Crippen molar-refractivity contribution in [1.29, 1.82) is 0 Å². The SMILES string of the molecule is COc1ccc(-c2ncc(-c3ccc(C)cc3)n3c(C)ncc23)cc1. The lowest BCUT2D eigenvalue weighted by molar-refractivity contribution is 0.415. The lowest BCUT2D eigenvalue weighted by Gasteiger charge is -2.11. The monoisotopic (exact) mass is 329 g/mol. The van der Waals surface area contributed by atoms with Gasteiger partial charge in [-0.1, -0.05) is 29.8 Å². The van der Waals surface area contributed by atoms with Gasteiger partial charge < -0.3 is 4.74 Å². The third kappa shape index (κ3) is 2.66. The van der Waals surface area contributed by atoms with Crippen molar-refractivity contribution < 1.29 is 4.74 Å². The number of methoxy groups -OCH3 is 1. The lowest BCUT2D eigenvalue weighted by atomic mass is 10.1. The molecule has 0 aliphatic heterocycles. The largest absolute Gasteiger partial charge is 0.497 e. The van der Waals surface area contributed by atoms with Crippen LogP contribution >= 0.6 is 0 Å². The number of fused-ring (bicyclic) bond motifs is 1. The van der Waals surface area contributed by atoms with Gasteiger partial charge in [0.2, 0.25) is 0 Å². The van der Waals surface area contributed by atoms with Crippen LogP contribution in [0.15, 0.2) is 60.9 Å². The van der Waals surface area contributed by atoms with E-state index in [4.69, 9.17) is 9.72 Å². The first kappa shape index (κ1) is 15.4. The number of hydrogen-bond donors (Lipinski definition) is 0. The van der Waals surface area contributed by atoms with Gasteiger partial charge in [0.05, 0.1) is 36.4 Å². The predicted octanol–water partition coefficient (Wildman–Crippen LogP) is 4.69. The zero-order chi connectivity index (χ0) is 17.4. The van der Waals surface area contributed by atoms with Crippen LogP contribution in [0.5, 0.6) is 5.75 Å². The topological polar surface area (TPSA) is 39.4 Å². The molecule has 0 radical (unpaired) electrons. The molecule has 0 saturated carbocycles. The molecule has 4 rings (SSSR count). The maximum absolute atomic E-state index is 5.25. The Bertz CT molecular complexity index is 1030. The molecule has 0 aliphatic rings. The van der Waals surface area contributed by atoms with E-state index < -0.39 is 0 Å². The number of ether oxygens (including phenoxy) is 1. The second-order valence-corrected chi connectivity index (χ2v) is 6.11. The summed E-state index contributed by atoms with van der Waals surface area (Å²) in [7, 11) is 1.67. The average molecular weight is 329 g/mol. The maximum atomic E-state index is 5.25. The fourth-order valence-corrected chi connectivity index (χ4v) is 3.06. The van der Waals surface area contributed by atoms with Gasteiger partial charge in [-0.15, -0.1) is 0 Å². The van der Waals surface area contributed by atoms with E-state index in [0.717, 1.165) is 39.6 Å². The summed E-state index contributed by atoms with van der Waals surface area (Å²) in [5.74, 6) is 1.78.